The number of thioether (sulfide) groups is 1. The first-order chi connectivity index (χ1) is 12.0. The van der Waals surface area contributed by atoms with Gasteiger partial charge in [-0.25, -0.2) is 4.68 Å². The number of rotatable bonds is 4. The third-order valence-electron chi connectivity index (χ3n) is 3.90. The highest BCUT2D eigenvalue weighted by Gasteiger charge is 2.29. The van der Waals surface area contributed by atoms with Gasteiger partial charge in [-0.05, 0) is 43.3 Å². The minimum absolute atomic E-state index is 0.0836. The standard InChI is InChI=1S/C16H20N6O2S/c1-10(2)22-16(18-19-20-22)25-9-15(24)21-11(3)8-14(23)17-12-6-4-5-7-13(12)21/h4-7,10-11H,8-9H2,1-3H3,(H,17,23)/t11-/m0/s1. The van der Waals surface area contributed by atoms with E-state index in [9.17, 15) is 9.59 Å². The van der Waals surface area contributed by atoms with Crippen LogP contribution >= 0.6 is 11.8 Å². The number of anilines is 2. The average Bonchev–Trinajstić information content (AvgIpc) is 2.98. The van der Waals surface area contributed by atoms with Crippen LogP contribution in [0.4, 0.5) is 11.4 Å². The number of fused-ring (bicyclic) bond motifs is 1. The molecule has 0 radical (unpaired) electrons. The highest BCUT2D eigenvalue weighted by Crippen LogP contribution is 2.32. The van der Waals surface area contributed by atoms with Gasteiger partial charge < -0.3 is 10.2 Å². The van der Waals surface area contributed by atoms with Gasteiger partial charge in [0.25, 0.3) is 0 Å². The van der Waals surface area contributed by atoms with Crippen LogP contribution in [0, 0.1) is 0 Å². The van der Waals surface area contributed by atoms with Crippen LogP contribution in [0.1, 0.15) is 33.2 Å². The molecule has 1 aromatic carbocycles. The first kappa shape index (κ1) is 17.4. The Labute approximate surface area is 150 Å². The lowest BCUT2D eigenvalue weighted by molar-refractivity contribution is -0.117. The Morgan fingerprint density at radius 3 is 2.92 bits per heavy atom. The molecular formula is C16H20N6O2S. The van der Waals surface area contributed by atoms with Crippen LogP contribution < -0.4 is 10.2 Å². The molecular weight excluding hydrogens is 340 g/mol. The summed E-state index contributed by atoms with van der Waals surface area (Å²) in [6, 6.07) is 7.24. The van der Waals surface area contributed by atoms with E-state index >= 15 is 0 Å². The normalized spacial score (nSPS) is 17.2. The second-order valence-electron chi connectivity index (χ2n) is 6.17. The van der Waals surface area contributed by atoms with Crippen molar-refractivity contribution in [2.24, 2.45) is 0 Å². The number of tetrazole rings is 1. The molecule has 2 amide bonds. The first-order valence-electron chi connectivity index (χ1n) is 8.09. The van der Waals surface area contributed by atoms with Crippen molar-refractivity contribution in [2.75, 3.05) is 16.0 Å². The third kappa shape index (κ3) is 3.65. The number of carbonyl (C=O) groups excluding carboxylic acids is 2. The lowest BCUT2D eigenvalue weighted by Gasteiger charge is -2.27. The zero-order valence-electron chi connectivity index (χ0n) is 14.3. The molecule has 9 heteroatoms. The molecule has 1 aliphatic rings. The second-order valence-corrected chi connectivity index (χ2v) is 7.11. The minimum Gasteiger partial charge on any atom is -0.324 e. The van der Waals surface area contributed by atoms with Crippen LogP contribution in [0.5, 0.6) is 0 Å². The number of para-hydroxylation sites is 2. The van der Waals surface area contributed by atoms with Gasteiger partial charge >= 0.3 is 0 Å². The van der Waals surface area contributed by atoms with Gasteiger partial charge in [-0.2, -0.15) is 0 Å². The summed E-state index contributed by atoms with van der Waals surface area (Å²) in [4.78, 5) is 26.6. The van der Waals surface area contributed by atoms with Gasteiger partial charge in [-0.1, -0.05) is 23.9 Å². The fraction of sp³-hybridized carbons (Fsp3) is 0.438. The van der Waals surface area contributed by atoms with Crippen LogP contribution in [0.2, 0.25) is 0 Å². The molecule has 0 aliphatic carbocycles. The number of carbonyl (C=O) groups is 2. The van der Waals surface area contributed by atoms with E-state index in [1.165, 1.54) is 11.8 Å². The summed E-state index contributed by atoms with van der Waals surface area (Å²) in [5.74, 6) is 0.0198. The fourth-order valence-corrected chi connectivity index (χ4v) is 3.63. The van der Waals surface area contributed by atoms with Gasteiger partial charge in [-0.3, -0.25) is 9.59 Å². The van der Waals surface area contributed by atoms with E-state index in [-0.39, 0.29) is 36.1 Å². The van der Waals surface area contributed by atoms with Gasteiger partial charge in [0.15, 0.2) is 0 Å². The number of hydrogen-bond acceptors (Lipinski definition) is 6. The van der Waals surface area contributed by atoms with Crippen LogP contribution in [0.25, 0.3) is 0 Å². The van der Waals surface area contributed by atoms with Crippen molar-refractivity contribution in [1.82, 2.24) is 20.2 Å². The quantitative estimate of drug-likeness (QED) is 0.840. The predicted molar refractivity (Wildman–Crippen MR) is 95.6 cm³/mol. The summed E-state index contributed by atoms with van der Waals surface area (Å²) in [6.07, 6.45) is 0.259. The predicted octanol–water partition coefficient (Wildman–Crippen LogP) is 2.11. The van der Waals surface area contributed by atoms with Gasteiger partial charge in [0, 0.05) is 12.5 Å². The third-order valence-corrected chi connectivity index (χ3v) is 4.82. The van der Waals surface area contributed by atoms with Crippen LogP contribution in [0.15, 0.2) is 29.4 Å². The first-order valence-corrected chi connectivity index (χ1v) is 9.07. The second kappa shape index (κ2) is 7.22. The van der Waals surface area contributed by atoms with E-state index in [0.29, 0.717) is 10.8 Å². The van der Waals surface area contributed by atoms with Gasteiger partial charge in [-0.15, -0.1) is 5.10 Å². The van der Waals surface area contributed by atoms with Gasteiger partial charge in [0.2, 0.25) is 17.0 Å². The van der Waals surface area contributed by atoms with Crippen molar-refractivity contribution >= 4 is 35.0 Å². The smallest absolute Gasteiger partial charge is 0.237 e. The van der Waals surface area contributed by atoms with Crippen molar-refractivity contribution in [3.05, 3.63) is 24.3 Å². The molecule has 0 fully saturated rings. The lowest BCUT2D eigenvalue weighted by Crippen LogP contribution is -2.40. The number of nitrogens with one attached hydrogen (secondary N) is 1. The van der Waals surface area contributed by atoms with Crippen molar-refractivity contribution in [3.8, 4) is 0 Å². The van der Waals surface area contributed by atoms with E-state index < -0.39 is 0 Å². The molecule has 1 aromatic heterocycles. The molecule has 25 heavy (non-hydrogen) atoms. The van der Waals surface area contributed by atoms with E-state index in [1.54, 1.807) is 15.6 Å². The largest absolute Gasteiger partial charge is 0.324 e. The summed E-state index contributed by atoms with van der Waals surface area (Å²) in [7, 11) is 0. The number of aromatic nitrogens is 4. The zero-order valence-corrected chi connectivity index (χ0v) is 15.2. The van der Waals surface area contributed by atoms with Gasteiger partial charge in [0.05, 0.1) is 23.2 Å². The van der Waals surface area contributed by atoms with E-state index in [2.05, 4.69) is 20.8 Å². The zero-order chi connectivity index (χ0) is 18.0. The average molecular weight is 360 g/mol. The Hall–Kier alpha value is -2.42. The van der Waals surface area contributed by atoms with Crippen molar-refractivity contribution in [3.63, 3.8) is 0 Å². The molecule has 0 spiro atoms. The molecule has 1 atom stereocenters. The SMILES string of the molecule is CC(C)n1nnnc1SCC(=O)N1c2ccccc2NC(=O)C[C@@H]1C. The molecule has 0 bridgehead atoms. The summed E-state index contributed by atoms with van der Waals surface area (Å²) in [5.41, 5.74) is 1.37. The Kier molecular flexibility index (Phi) is 5.03. The molecule has 1 N–H and O–H groups in total. The molecule has 0 unspecified atom stereocenters. The maximum Gasteiger partial charge on any atom is 0.237 e. The molecule has 0 saturated heterocycles. The highest BCUT2D eigenvalue weighted by molar-refractivity contribution is 7.99. The Morgan fingerprint density at radius 1 is 1.40 bits per heavy atom. The molecule has 0 saturated carbocycles. The van der Waals surface area contributed by atoms with Crippen LogP contribution in [0.3, 0.4) is 0 Å². The van der Waals surface area contributed by atoms with Gasteiger partial charge in [0.1, 0.15) is 0 Å². The summed E-state index contributed by atoms with van der Waals surface area (Å²) in [6.45, 7) is 5.84. The maximum atomic E-state index is 12.9. The lowest BCUT2D eigenvalue weighted by atomic mass is 10.2. The number of nitrogens with zero attached hydrogens (tertiary/aromatic N) is 5. The molecule has 2 heterocycles. The Balaban J connectivity index is 1.81. The van der Waals surface area contributed by atoms with Crippen molar-refractivity contribution in [1.29, 1.82) is 0 Å². The molecule has 2 aromatic rings. The number of benzene rings is 1. The summed E-state index contributed by atoms with van der Waals surface area (Å²) >= 11 is 1.30. The molecule has 3 rings (SSSR count). The number of hydrogen-bond donors (Lipinski definition) is 1. The topological polar surface area (TPSA) is 93.0 Å². The van der Waals surface area contributed by atoms with Crippen LogP contribution in [-0.2, 0) is 9.59 Å². The van der Waals surface area contributed by atoms with E-state index in [4.69, 9.17) is 0 Å². The number of amides is 2. The minimum atomic E-state index is -0.224. The van der Waals surface area contributed by atoms with E-state index in [0.717, 1.165) is 5.69 Å². The maximum absolute atomic E-state index is 12.9. The Bertz CT molecular complexity index is 790. The van der Waals surface area contributed by atoms with Crippen LogP contribution in [-0.4, -0.2) is 43.8 Å². The molecule has 1 aliphatic heterocycles. The van der Waals surface area contributed by atoms with Crippen molar-refractivity contribution < 1.29 is 9.59 Å². The van der Waals surface area contributed by atoms with E-state index in [1.807, 2.05) is 39.0 Å². The summed E-state index contributed by atoms with van der Waals surface area (Å²) < 4.78 is 1.68. The molecule has 8 nitrogen and oxygen atoms in total. The monoisotopic (exact) mass is 360 g/mol. The Morgan fingerprint density at radius 2 is 2.16 bits per heavy atom. The summed E-state index contributed by atoms with van der Waals surface area (Å²) in [5, 5.41) is 15.0. The highest BCUT2D eigenvalue weighted by atomic mass is 32.2. The fourth-order valence-electron chi connectivity index (χ4n) is 2.77. The molecule has 132 valence electrons. The van der Waals surface area contributed by atoms with Crippen molar-refractivity contribution in [2.45, 2.75) is 44.4 Å².